The number of thiophene rings is 1. The summed E-state index contributed by atoms with van der Waals surface area (Å²) in [4.78, 5) is 33.0. The van der Waals surface area contributed by atoms with Crippen LogP contribution in [0.15, 0.2) is 73.8 Å². The summed E-state index contributed by atoms with van der Waals surface area (Å²) in [6.07, 6.45) is 9.14. The average molecular weight is 505 g/mol. The summed E-state index contributed by atoms with van der Waals surface area (Å²) in [7, 11) is 0. The number of hydrazone groups is 1. The molecule has 5 rings (SSSR count). The molecule has 0 unspecified atom stereocenters. The van der Waals surface area contributed by atoms with Crippen molar-refractivity contribution < 1.29 is 9.21 Å². The van der Waals surface area contributed by atoms with Gasteiger partial charge in [0.2, 0.25) is 0 Å². The van der Waals surface area contributed by atoms with Gasteiger partial charge in [-0.1, -0.05) is 30.0 Å². The molecule has 35 heavy (non-hydrogen) atoms. The first-order chi connectivity index (χ1) is 17.1. The lowest BCUT2D eigenvalue weighted by atomic mass is 9.97. The number of carbonyl (C=O) groups is 1. The highest BCUT2D eigenvalue weighted by Gasteiger charge is 2.23. The van der Waals surface area contributed by atoms with Gasteiger partial charge in [-0.15, -0.1) is 11.3 Å². The van der Waals surface area contributed by atoms with E-state index in [0.717, 1.165) is 52.7 Å². The molecule has 0 radical (unpaired) electrons. The molecule has 0 fully saturated rings. The molecule has 1 aliphatic carbocycles. The van der Waals surface area contributed by atoms with Crippen molar-refractivity contribution in [2.75, 3.05) is 5.75 Å². The molecule has 1 aromatic carbocycles. The van der Waals surface area contributed by atoms with Crippen molar-refractivity contribution >= 4 is 51.5 Å². The van der Waals surface area contributed by atoms with Gasteiger partial charge >= 0.3 is 0 Å². The second kappa shape index (κ2) is 10.5. The van der Waals surface area contributed by atoms with Crippen molar-refractivity contribution in [2.45, 2.75) is 37.8 Å². The Morgan fingerprint density at radius 3 is 2.86 bits per heavy atom. The number of aromatic nitrogens is 2. The second-order valence-electron chi connectivity index (χ2n) is 8.25. The number of nitrogens with one attached hydrogen (secondary N) is 1. The van der Waals surface area contributed by atoms with Crippen molar-refractivity contribution in [1.82, 2.24) is 15.0 Å². The number of aryl methyl sites for hydroxylation is 2. The Morgan fingerprint density at radius 1 is 1.23 bits per heavy atom. The van der Waals surface area contributed by atoms with E-state index in [2.05, 4.69) is 10.5 Å². The quantitative estimate of drug-likeness (QED) is 0.161. The van der Waals surface area contributed by atoms with E-state index in [4.69, 9.17) is 9.40 Å². The van der Waals surface area contributed by atoms with Crippen LogP contribution in [0.25, 0.3) is 22.0 Å². The second-order valence-corrected chi connectivity index (χ2v) is 10.3. The highest BCUT2D eigenvalue weighted by atomic mass is 32.2. The molecule has 0 spiro atoms. The van der Waals surface area contributed by atoms with Crippen LogP contribution in [0.2, 0.25) is 0 Å². The Balaban J connectivity index is 1.38. The molecule has 3 aromatic heterocycles. The summed E-state index contributed by atoms with van der Waals surface area (Å²) in [5.41, 5.74) is 5.19. The molecule has 1 aliphatic rings. The topological polar surface area (TPSA) is 89.5 Å². The fourth-order valence-corrected chi connectivity index (χ4v) is 6.20. The Hall–Kier alpha value is -3.43. The van der Waals surface area contributed by atoms with Crippen molar-refractivity contribution in [3.8, 4) is 5.69 Å². The lowest BCUT2D eigenvalue weighted by molar-refractivity contribution is -0.118. The molecule has 0 atom stereocenters. The van der Waals surface area contributed by atoms with Crippen LogP contribution in [-0.2, 0) is 17.6 Å². The number of benzene rings is 1. The van der Waals surface area contributed by atoms with Crippen LogP contribution in [0.1, 0.15) is 36.0 Å². The van der Waals surface area contributed by atoms with Gasteiger partial charge in [0.25, 0.3) is 11.5 Å². The molecule has 0 aliphatic heterocycles. The molecule has 4 aromatic rings. The Kier molecular flexibility index (Phi) is 6.96. The number of fused-ring (bicyclic) bond motifs is 3. The molecule has 3 heterocycles. The first-order valence-electron chi connectivity index (χ1n) is 11.4. The molecule has 1 N–H and O–H groups in total. The van der Waals surface area contributed by atoms with Gasteiger partial charge in [0.15, 0.2) is 5.16 Å². The molecule has 0 saturated carbocycles. The maximum Gasteiger partial charge on any atom is 0.267 e. The monoisotopic (exact) mass is 504 g/mol. The number of hydrogen-bond donors (Lipinski definition) is 1. The van der Waals surface area contributed by atoms with E-state index in [-0.39, 0.29) is 17.2 Å². The summed E-state index contributed by atoms with van der Waals surface area (Å²) in [6, 6.07) is 13.1. The fraction of sp³-hybridized carbons (Fsp3) is 0.231. The van der Waals surface area contributed by atoms with Gasteiger partial charge in [-0.25, -0.2) is 10.4 Å². The van der Waals surface area contributed by atoms with Crippen LogP contribution >= 0.6 is 23.1 Å². The first-order valence-corrected chi connectivity index (χ1v) is 13.2. The summed E-state index contributed by atoms with van der Waals surface area (Å²) in [5.74, 6) is 0.511. The molecular formula is C26H24N4O3S2. The minimum atomic E-state index is -0.281. The Labute approximate surface area is 210 Å². The Morgan fingerprint density at radius 2 is 2.06 bits per heavy atom. The zero-order valence-corrected chi connectivity index (χ0v) is 20.8. The van der Waals surface area contributed by atoms with E-state index in [9.17, 15) is 9.59 Å². The van der Waals surface area contributed by atoms with E-state index in [1.165, 1.54) is 16.6 Å². The molecule has 0 saturated heterocycles. The highest BCUT2D eigenvalue weighted by Crippen LogP contribution is 2.35. The lowest BCUT2D eigenvalue weighted by Crippen LogP contribution is -2.24. The van der Waals surface area contributed by atoms with Crippen molar-refractivity contribution in [1.29, 1.82) is 0 Å². The minimum Gasteiger partial charge on any atom is -0.465 e. The molecule has 7 nitrogen and oxygen atoms in total. The van der Waals surface area contributed by atoms with Gasteiger partial charge in [-0.3, -0.25) is 14.2 Å². The number of nitrogens with zero attached hydrogens (tertiary/aromatic N) is 3. The van der Waals surface area contributed by atoms with Crippen LogP contribution in [0.3, 0.4) is 0 Å². The van der Waals surface area contributed by atoms with Gasteiger partial charge in [0.1, 0.15) is 10.6 Å². The normalized spacial score (nSPS) is 13.9. The predicted octanol–water partition coefficient (Wildman–Crippen LogP) is 5.22. The summed E-state index contributed by atoms with van der Waals surface area (Å²) < 4.78 is 6.90. The van der Waals surface area contributed by atoms with Crippen molar-refractivity contribution in [3.63, 3.8) is 0 Å². The minimum absolute atomic E-state index is 0.0692. The fourth-order valence-electron chi connectivity index (χ4n) is 4.09. The summed E-state index contributed by atoms with van der Waals surface area (Å²) in [6.45, 7) is 1.87. The maximum absolute atomic E-state index is 13.7. The van der Waals surface area contributed by atoms with Crippen LogP contribution < -0.4 is 11.0 Å². The number of thioether (sulfide) groups is 1. The largest absolute Gasteiger partial charge is 0.465 e. The number of rotatable bonds is 7. The zero-order valence-electron chi connectivity index (χ0n) is 19.2. The first kappa shape index (κ1) is 23.3. The third-order valence-electron chi connectivity index (χ3n) is 5.68. The molecule has 178 valence electrons. The third kappa shape index (κ3) is 5.16. The number of carbonyl (C=O) groups excluding carboxylic acids is 1. The number of hydrogen-bond acceptors (Lipinski definition) is 7. The third-order valence-corrected chi connectivity index (χ3v) is 7.80. The summed E-state index contributed by atoms with van der Waals surface area (Å²) in [5, 5.41) is 5.25. The smallest absolute Gasteiger partial charge is 0.267 e. The van der Waals surface area contributed by atoms with Gasteiger partial charge < -0.3 is 4.42 Å². The van der Waals surface area contributed by atoms with E-state index in [1.807, 2.05) is 49.4 Å². The molecular weight excluding hydrogens is 480 g/mol. The molecule has 9 heteroatoms. The molecule has 0 bridgehead atoms. The zero-order chi connectivity index (χ0) is 24.2. The van der Waals surface area contributed by atoms with E-state index >= 15 is 0 Å². The number of allylic oxidation sites excluding steroid dienone is 1. The van der Waals surface area contributed by atoms with Gasteiger partial charge in [-0.2, -0.15) is 5.10 Å². The van der Waals surface area contributed by atoms with Gasteiger partial charge in [0.05, 0.1) is 29.3 Å². The van der Waals surface area contributed by atoms with Crippen LogP contribution in [0.5, 0.6) is 0 Å². The highest BCUT2D eigenvalue weighted by molar-refractivity contribution is 7.99. The maximum atomic E-state index is 13.7. The summed E-state index contributed by atoms with van der Waals surface area (Å²) >= 11 is 2.84. The number of furan rings is 1. The van der Waals surface area contributed by atoms with Gasteiger partial charge in [-0.05, 0) is 74.1 Å². The van der Waals surface area contributed by atoms with Crippen molar-refractivity contribution in [3.05, 3.63) is 80.9 Å². The Bertz CT molecular complexity index is 1470. The predicted molar refractivity (Wildman–Crippen MR) is 142 cm³/mol. The SMILES string of the molecule is CC(/C=N\NC(=O)CSc1nc2sc3c(c2c(=O)n1-c1ccccc1)CCCC3)=C\c1ccco1. The van der Waals surface area contributed by atoms with Gasteiger partial charge in [0, 0.05) is 4.88 Å². The lowest BCUT2D eigenvalue weighted by Gasteiger charge is -2.13. The van der Waals surface area contributed by atoms with Crippen molar-refractivity contribution in [2.24, 2.45) is 5.10 Å². The van der Waals surface area contributed by atoms with E-state index < -0.39 is 0 Å². The van der Waals surface area contributed by atoms with Crippen LogP contribution in [0, 0.1) is 0 Å². The standard InChI is InChI=1S/C26H24N4O3S2/c1-17(14-19-10-7-13-33-19)15-27-29-22(31)16-34-26-28-24-23(20-11-5-6-12-21(20)35-24)25(32)30(26)18-8-3-2-4-9-18/h2-4,7-10,13-15H,5-6,11-12,16H2,1H3,(H,29,31)/b17-14+,27-15-. The number of para-hydroxylation sites is 1. The van der Waals surface area contributed by atoms with E-state index in [0.29, 0.717) is 10.9 Å². The van der Waals surface area contributed by atoms with E-state index in [1.54, 1.807) is 34.4 Å². The molecule has 1 amide bonds. The van der Waals surface area contributed by atoms with Crippen LogP contribution in [-0.4, -0.2) is 27.4 Å². The average Bonchev–Trinajstić information content (AvgIpc) is 3.50. The number of amides is 1. The van der Waals surface area contributed by atoms with Crippen LogP contribution in [0.4, 0.5) is 0 Å².